The van der Waals surface area contributed by atoms with Gasteiger partial charge in [0.25, 0.3) is 11.6 Å². The summed E-state index contributed by atoms with van der Waals surface area (Å²) < 4.78 is 0. The zero-order chi connectivity index (χ0) is 13.8. The maximum Gasteiger partial charge on any atom is 0.282 e. The number of halogens is 1. The number of carbonyl (C=O) groups is 1. The monoisotopic (exact) mass is 299 g/mol. The number of nitrogens with zero attached hydrogens (tertiary/aromatic N) is 1. The van der Waals surface area contributed by atoms with Crippen LogP contribution >= 0.6 is 12.4 Å². The third-order valence-corrected chi connectivity index (χ3v) is 3.31. The van der Waals surface area contributed by atoms with Crippen molar-refractivity contribution in [1.29, 1.82) is 0 Å². The van der Waals surface area contributed by atoms with Gasteiger partial charge in [-0.25, -0.2) is 0 Å². The first-order chi connectivity index (χ1) is 9.09. The highest BCUT2D eigenvalue weighted by Gasteiger charge is 2.24. The molecular weight excluding hydrogens is 282 g/mol. The first kappa shape index (κ1) is 16.4. The van der Waals surface area contributed by atoms with E-state index in [1.807, 2.05) is 0 Å². The van der Waals surface area contributed by atoms with Gasteiger partial charge in [-0.1, -0.05) is 12.1 Å². The molecule has 1 saturated heterocycles. The Balaban J connectivity index is 0.00000200. The smallest absolute Gasteiger partial charge is 0.282 e. The lowest BCUT2D eigenvalue weighted by Gasteiger charge is -2.24. The molecule has 0 aromatic heterocycles. The SMILES string of the molecule is Cc1cccc([N+](=O)[O-])c1C(=O)N[C@@H]1CCCNC1.Cl. The third kappa shape index (κ3) is 3.68. The number of piperidine rings is 1. The van der Waals surface area contributed by atoms with E-state index in [0.29, 0.717) is 12.1 Å². The van der Waals surface area contributed by atoms with Crippen molar-refractivity contribution in [3.8, 4) is 0 Å². The van der Waals surface area contributed by atoms with Gasteiger partial charge in [-0.3, -0.25) is 14.9 Å². The van der Waals surface area contributed by atoms with Crippen LogP contribution in [0, 0.1) is 17.0 Å². The molecule has 0 bridgehead atoms. The summed E-state index contributed by atoms with van der Waals surface area (Å²) in [6, 6.07) is 4.70. The number of amides is 1. The largest absolute Gasteiger partial charge is 0.348 e. The molecule has 1 aromatic carbocycles. The van der Waals surface area contributed by atoms with E-state index >= 15 is 0 Å². The second-order valence-electron chi connectivity index (χ2n) is 4.74. The van der Waals surface area contributed by atoms with Crippen LogP contribution in [0.1, 0.15) is 28.8 Å². The highest BCUT2D eigenvalue weighted by atomic mass is 35.5. The van der Waals surface area contributed by atoms with Crippen LogP contribution in [-0.4, -0.2) is 30.0 Å². The number of rotatable bonds is 3. The summed E-state index contributed by atoms with van der Waals surface area (Å²) in [5, 5.41) is 17.0. The second kappa shape index (κ2) is 7.21. The van der Waals surface area contributed by atoms with Crippen molar-refractivity contribution in [1.82, 2.24) is 10.6 Å². The van der Waals surface area contributed by atoms with Gasteiger partial charge in [0, 0.05) is 18.7 Å². The highest BCUT2D eigenvalue weighted by Crippen LogP contribution is 2.22. The maximum absolute atomic E-state index is 12.2. The summed E-state index contributed by atoms with van der Waals surface area (Å²) >= 11 is 0. The van der Waals surface area contributed by atoms with Gasteiger partial charge in [-0.15, -0.1) is 12.4 Å². The zero-order valence-corrected chi connectivity index (χ0v) is 12.0. The molecule has 1 aliphatic rings. The summed E-state index contributed by atoms with van der Waals surface area (Å²) in [5.74, 6) is -0.362. The van der Waals surface area contributed by atoms with E-state index in [1.165, 1.54) is 6.07 Å². The number of benzene rings is 1. The Bertz CT molecular complexity index is 502. The van der Waals surface area contributed by atoms with Crippen LogP contribution in [0.2, 0.25) is 0 Å². The van der Waals surface area contributed by atoms with Crippen molar-refractivity contribution in [2.24, 2.45) is 0 Å². The van der Waals surface area contributed by atoms with Crippen LogP contribution in [0.25, 0.3) is 0 Å². The zero-order valence-electron chi connectivity index (χ0n) is 11.2. The van der Waals surface area contributed by atoms with Gasteiger partial charge in [0.15, 0.2) is 0 Å². The molecule has 1 amide bonds. The van der Waals surface area contributed by atoms with E-state index in [0.717, 1.165) is 19.4 Å². The minimum absolute atomic E-state index is 0. The van der Waals surface area contributed by atoms with Crippen LogP contribution in [0.3, 0.4) is 0 Å². The van der Waals surface area contributed by atoms with Gasteiger partial charge >= 0.3 is 0 Å². The molecule has 2 N–H and O–H groups in total. The van der Waals surface area contributed by atoms with Gasteiger partial charge in [0.1, 0.15) is 5.56 Å². The third-order valence-electron chi connectivity index (χ3n) is 3.31. The van der Waals surface area contributed by atoms with Gasteiger partial charge in [0.2, 0.25) is 0 Å². The fourth-order valence-corrected chi connectivity index (χ4v) is 2.33. The van der Waals surface area contributed by atoms with Crippen LogP contribution in [0.5, 0.6) is 0 Å². The molecule has 0 aliphatic carbocycles. The van der Waals surface area contributed by atoms with Gasteiger partial charge in [-0.05, 0) is 31.9 Å². The lowest BCUT2D eigenvalue weighted by Crippen LogP contribution is -2.45. The summed E-state index contributed by atoms with van der Waals surface area (Å²) in [7, 11) is 0. The first-order valence-electron chi connectivity index (χ1n) is 6.35. The quantitative estimate of drug-likeness (QED) is 0.658. The average molecular weight is 300 g/mol. The minimum Gasteiger partial charge on any atom is -0.348 e. The second-order valence-corrected chi connectivity index (χ2v) is 4.74. The van der Waals surface area contributed by atoms with Crippen LogP contribution in [0.15, 0.2) is 18.2 Å². The maximum atomic E-state index is 12.2. The van der Waals surface area contributed by atoms with Crippen molar-refractivity contribution < 1.29 is 9.72 Å². The van der Waals surface area contributed by atoms with Gasteiger partial charge in [0.05, 0.1) is 4.92 Å². The van der Waals surface area contributed by atoms with E-state index in [-0.39, 0.29) is 35.6 Å². The number of aryl methyl sites for hydroxylation is 1. The molecule has 0 saturated carbocycles. The van der Waals surface area contributed by atoms with Crippen molar-refractivity contribution >= 4 is 24.0 Å². The number of nitro benzene ring substituents is 1. The molecule has 6 nitrogen and oxygen atoms in total. The van der Waals surface area contributed by atoms with E-state index < -0.39 is 4.92 Å². The number of nitrogens with one attached hydrogen (secondary N) is 2. The lowest BCUT2D eigenvalue weighted by atomic mass is 10.0. The Hall–Kier alpha value is -1.66. The molecule has 1 aliphatic heterocycles. The molecule has 7 heteroatoms. The molecule has 110 valence electrons. The molecule has 1 atom stereocenters. The Labute approximate surface area is 123 Å². The fourth-order valence-electron chi connectivity index (χ4n) is 2.33. The first-order valence-corrected chi connectivity index (χ1v) is 6.35. The van der Waals surface area contributed by atoms with Crippen LogP contribution < -0.4 is 10.6 Å². The topological polar surface area (TPSA) is 84.3 Å². The summed E-state index contributed by atoms with van der Waals surface area (Å²) in [5.41, 5.74) is 0.648. The molecule has 0 unspecified atom stereocenters. The minimum atomic E-state index is -0.513. The molecule has 1 fully saturated rings. The lowest BCUT2D eigenvalue weighted by molar-refractivity contribution is -0.385. The molecule has 20 heavy (non-hydrogen) atoms. The average Bonchev–Trinajstić information content (AvgIpc) is 2.39. The van der Waals surface area contributed by atoms with Crippen molar-refractivity contribution in [3.05, 3.63) is 39.4 Å². The molecule has 1 heterocycles. The van der Waals surface area contributed by atoms with Gasteiger partial charge in [-0.2, -0.15) is 0 Å². The number of hydrogen-bond acceptors (Lipinski definition) is 4. The number of nitro groups is 1. The van der Waals surface area contributed by atoms with Crippen LogP contribution in [0.4, 0.5) is 5.69 Å². The Kier molecular flexibility index (Phi) is 5.91. The number of carbonyl (C=O) groups excluding carboxylic acids is 1. The fraction of sp³-hybridized carbons (Fsp3) is 0.462. The molecule has 0 spiro atoms. The number of hydrogen-bond donors (Lipinski definition) is 2. The predicted molar refractivity (Wildman–Crippen MR) is 78.4 cm³/mol. The summed E-state index contributed by atoms with van der Waals surface area (Å²) in [4.78, 5) is 22.7. The normalized spacial score (nSPS) is 17.9. The Morgan fingerprint density at radius 2 is 2.25 bits per heavy atom. The predicted octanol–water partition coefficient (Wildman–Crippen LogP) is 1.81. The Morgan fingerprint density at radius 1 is 1.50 bits per heavy atom. The highest BCUT2D eigenvalue weighted by molar-refractivity contribution is 5.99. The Morgan fingerprint density at radius 3 is 2.85 bits per heavy atom. The molecular formula is C13H18ClN3O3. The standard InChI is InChI=1S/C13H17N3O3.ClH/c1-9-4-2-6-11(16(18)19)12(9)13(17)15-10-5-3-7-14-8-10;/h2,4,6,10,14H,3,5,7-8H2,1H3,(H,15,17);1H/t10-;/m1./s1. The van der Waals surface area contributed by atoms with Crippen molar-refractivity contribution in [2.75, 3.05) is 13.1 Å². The van der Waals surface area contributed by atoms with Crippen molar-refractivity contribution in [3.63, 3.8) is 0 Å². The summed E-state index contributed by atoms with van der Waals surface area (Å²) in [6.45, 7) is 3.38. The summed E-state index contributed by atoms with van der Waals surface area (Å²) in [6.07, 6.45) is 1.90. The molecule has 2 rings (SSSR count). The van der Waals surface area contributed by atoms with E-state index in [2.05, 4.69) is 10.6 Å². The van der Waals surface area contributed by atoms with Crippen molar-refractivity contribution in [2.45, 2.75) is 25.8 Å². The van der Waals surface area contributed by atoms with E-state index in [4.69, 9.17) is 0 Å². The van der Waals surface area contributed by atoms with Crippen LogP contribution in [-0.2, 0) is 0 Å². The van der Waals surface area contributed by atoms with E-state index in [9.17, 15) is 14.9 Å². The molecule has 0 radical (unpaired) electrons. The molecule has 1 aromatic rings. The van der Waals surface area contributed by atoms with Gasteiger partial charge < -0.3 is 10.6 Å². The van der Waals surface area contributed by atoms with E-state index in [1.54, 1.807) is 19.1 Å².